The van der Waals surface area contributed by atoms with E-state index in [1.165, 1.54) is 24.3 Å². The Morgan fingerprint density at radius 3 is 2.42 bits per heavy atom. The number of aliphatic hydroxyl groups is 1. The SMILES string of the molecule is CCC1(C(C)CO)SCCCS1. The van der Waals surface area contributed by atoms with Crippen molar-refractivity contribution in [3.05, 3.63) is 0 Å². The Bertz CT molecular complexity index is 132. The van der Waals surface area contributed by atoms with Crippen molar-refractivity contribution in [1.29, 1.82) is 0 Å². The number of rotatable bonds is 3. The van der Waals surface area contributed by atoms with Crippen molar-refractivity contribution in [2.24, 2.45) is 5.92 Å². The zero-order valence-corrected chi connectivity index (χ0v) is 9.51. The van der Waals surface area contributed by atoms with Crippen molar-refractivity contribution < 1.29 is 5.11 Å². The van der Waals surface area contributed by atoms with Crippen LogP contribution in [0.25, 0.3) is 0 Å². The summed E-state index contributed by atoms with van der Waals surface area (Å²) in [6, 6.07) is 0. The Balaban J connectivity index is 2.59. The van der Waals surface area contributed by atoms with Gasteiger partial charge in [-0.2, -0.15) is 0 Å². The van der Waals surface area contributed by atoms with Crippen LogP contribution in [0.3, 0.4) is 0 Å². The number of hydrogen-bond donors (Lipinski definition) is 1. The number of thioether (sulfide) groups is 2. The van der Waals surface area contributed by atoms with Crippen LogP contribution in [0.1, 0.15) is 26.7 Å². The van der Waals surface area contributed by atoms with E-state index < -0.39 is 0 Å². The Labute approximate surface area is 83.7 Å². The average molecular weight is 206 g/mol. The fourth-order valence-corrected chi connectivity index (χ4v) is 4.98. The first-order chi connectivity index (χ1) is 5.75. The fourth-order valence-electron chi connectivity index (χ4n) is 1.57. The summed E-state index contributed by atoms with van der Waals surface area (Å²) in [4.78, 5) is 0. The summed E-state index contributed by atoms with van der Waals surface area (Å²) in [5.74, 6) is 2.97. The maximum Gasteiger partial charge on any atom is 0.0655 e. The van der Waals surface area contributed by atoms with Gasteiger partial charge in [-0.3, -0.25) is 0 Å². The van der Waals surface area contributed by atoms with E-state index in [2.05, 4.69) is 13.8 Å². The maximum absolute atomic E-state index is 9.16. The number of aliphatic hydroxyl groups excluding tert-OH is 1. The lowest BCUT2D eigenvalue weighted by molar-refractivity contribution is 0.226. The van der Waals surface area contributed by atoms with Crippen molar-refractivity contribution in [3.8, 4) is 0 Å². The molecular weight excluding hydrogens is 188 g/mol. The third-order valence-corrected chi connectivity index (χ3v) is 6.55. The first-order valence-electron chi connectivity index (χ1n) is 4.64. The van der Waals surface area contributed by atoms with Crippen molar-refractivity contribution in [2.45, 2.75) is 30.8 Å². The van der Waals surface area contributed by atoms with Crippen molar-refractivity contribution >= 4 is 23.5 Å². The predicted octanol–water partition coefficient (Wildman–Crippen LogP) is 2.59. The monoisotopic (exact) mass is 206 g/mol. The molecule has 1 unspecified atom stereocenters. The Morgan fingerprint density at radius 2 is 2.00 bits per heavy atom. The van der Waals surface area contributed by atoms with E-state index >= 15 is 0 Å². The highest BCUT2D eigenvalue weighted by molar-refractivity contribution is 8.18. The molecule has 0 saturated carbocycles. The Hall–Kier alpha value is 0.660. The second kappa shape index (κ2) is 4.77. The van der Waals surface area contributed by atoms with Gasteiger partial charge in [0.1, 0.15) is 0 Å². The van der Waals surface area contributed by atoms with Crippen LogP contribution in [-0.2, 0) is 0 Å². The van der Waals surface area contributed by atoms with Gasteiger partial charge in [-0.05, 0) is 24.3 Å². The maximum atomic E-state index is 9.16. The van der Waals surface area contributed by atoms with Crippen LogP contribution in [0.4, 0.5) is 0 Å². The molecule has 1 N–H and O–H groups in total. The van der Waals surface area contributed by atoms with Gasteiger partial charge in [0.2, 0.25) is 0 Å². The van der Waals surface area contributed by atoms with E-state index in [0.717, 1.165) is 0 Å². The van der Waals surface area contributed by atoms with Crippen molar-refractivity contribution in [3.63, 3.8) is 0 Å². The van der Waals surface area contributed by atoms with Gasteiger partial charge in [0.15, 0.2) is 0 Å². The van der Waals surface area contributed by atoms with Crippen LogP contribution < -0.4 is 0 Å². The number of hydrogen-bond acceptors (Lipinski definition) is 3. The molecule has 0 aliphatic carbocycles. The molecule has 12 heavy (non-hydrogen) atoms. The van der Waals surface area contributed by atoms with E-state index in [1.807, 2.05) is 23.5 Å². The molecule has 1 aliphatic heterocycles. The smallest absolute Gasteiger partial charge is 0.0655 e. The molecule has 0 amide bonds. The lowest BCUT2D eigenvalue weighted by atomic mass is 10.1. The first kappa shape index (κ1) is 10.7. The van der Waals surface area contributed by atoms with E-state index in [0.29, 0.717) is 16.6 Å². The molecule has 0 radical (unpaired) electrons. The molecule has 0 aromatic rings. The third kappa shape index (κ3) is 2.12. The highest BCUT2D eigenvalue weighted by atomic mass is 32.2. The van der Waals surface area contributed by atoms with E-state index in [9.17, 15) is 0 Å². The van der Waals surface area contributed by atoms with E-state index in [4.69, 9.17) is 5.11 Å². The second-order valence-electron chi connectivity index (χ2n) is 3.30. The zero-order valence-electron chi connectivity index (χ0n) is 7.88. The summed E-state index contributed by atoms with van der Waals surface area (Å²) >= 11 is 4.09. The topological polar surface area (TPSA) is 20.2 Å². The molecule has 1 rings (SSSR count). The van der Waals surface area contributed by atoms with Gasteiger partial charge in [0.05, 0.1) is 4.08 Å². The zero-order chi connectivity index (χ0) is 9.03. The van der Waals surface area contributed by atoms with Gasteiger partial charge in [-0.15, -0.1) is 23.5 Å². The van der Waals surface area contributed by atoms with Gasteiger partial charge < -0.3 is 5.11 Å². The molecule has 1 aliphatic rings. The van der Waals surface area contributed by atoms with Gasteiger partial charge in [-0.1, -0.05) is 13.8 Å². The molecule has 72 valence electrons. The second-order valence-corrected chi connectivity index (χ2v) is 6.41. The molecular formula is C9H18OS2. The molecule has 0 aromatic heterocycles. The van der Waals surface area contributed by atoms with Crippen molar-refractivity contribution in [1.82, 2.24) is 0 Å². The molecule has 1 nitrogen and oxygen atoms in total. The Morgan fingerprint density at radius 1 is 1.42 bits per heavy atom. The van der Waals surface area contributed by atoms with Crippen LogP contribution in [-0.4, -0.2) is 27.3 Å². The summed E-state index contributed by atoms with van der Waals surface area (Å²) in [5.41, 5.74) is 0. The van der Waals surface area contributed by atoms with Crippen LogP contribution in [0, 0.1) is 5.92 Å². The van der Waals surface area contributed by atoms with Crippen LogP contribution in [0.5, 0.6) is 0 Å². The molecule has 0 bridgehead atoms. The van der Waals surface area contributed by atoms with Crippen molar-refractivity contribution in [2.75, 3.05) is 18.1 Å². The van der Waals surface area contributed by atoms with Crippen LogP contribution >= 0.6 is 23.5 Å². The molecule has 1 atom stereocenters. The standard InChI is InChI=1S/C9H18OS2/c1-3-9(8(2)7-10)11-5-4-6-12-9/h8,10H,3-7H2,1-2H3. The molecule has 0 spiro atoms. The predicted molar refractivity (Wildman–Crippen MR) is 58.8 cm³/mol. The van der Waals surface area contributed by atoms with E-state index in [-0.39, 0.29) is 0 Å². The van der Waals surface area contributed by atoms with E-state index in [1.54, 1.807) is 0 Å². The highest BCUT2D eigenvalue weighted by Gasteiger charge is 2.36. The average Bonchev–Trinajstić information content (AvgIpc) is 2.17. The lowest BCUT2D eigenvalue weighted by Crippen LogP contribution is -2.34. The minimum Gasteiger partial charge on any atom is -0.396 e. The largest absolute Gasteiger partial charge is 0.396 e. The summed E-state index contributed by atoms with van der Waals surface area (Å²) in [6.45, 7) is 4.72. The summed E-state index contributed by atoms with van der Waals surface area (Å²) in [5, 5.41) is 9.16. The molecule has 1 fully saturated rings. The molecule has 3 heteroatoms. The summed E-state index contributed by atoms with van der Waals surface area (Å²) in [7, 11) is 0. The van der Waals surface area contributed by atoms with Gasteiger partial charge in [-0.25, -0.2) is 0 Å². The van der Waals surface area contributed by atoms with Gasteiger partial charge in [0.25, 0.3) is 0 Å². The van der Waals surface area contributed by atoms with Crippen LogP contribution in [0.15, 0.2) is 0 Å². The quantitative estimate of drug-likeness (QED) is 0.766. The minimum absolute atomic E-state index is 0.313. The lowest BCUT2D eigenvalue weighted by Gasteiger charge is -2.39. The van der Waals surface area contributed by atoms with Gasteiger partial charge >= 0.3 is 0 Å². The summed E-state index contributed by atoms with van der Waals surface area (Å²) in [6.07, 6.45) is 2.50. The van der Waals surface area contributed by atoms with Gasteiger partial charge in [0, 0.05) is 12.5 Å². The summed E-state index contributed by atoms with van der Waals surface area (Å²) < 4.78 is 0.313. The minimum atomic E-state index is 0.313. The Kier molecular flexibility index (Phi) is 4.27. The fraction of sp³-hybridized carbons (Fsp3) is 1.00. The van der Waals surface area contributed by atoms with Crippen LogP contribution in [0.2, 0.25) is 0 Å². The molecule has 1 saturated heterocycles. The molecule has 1 heterocycles. The highest BCUT2D eigenvalue weighted by Crippen LogP contribution is 2.49. The first-order valence-corrected chi connectivity index (χ1v) is 6.61. The molecule has 0 aromatic carbocycles. The third-order valence-electron chi connectivity index (χ3n) is 2.50. The normalized spacial score (nSPS) is 25.2.